The largest absolute Gasteiger partial charge is 3.00 e. The van der Waals surface area contributed by atoms with Crippen LogP contribution in [0.1, 0.15) is 27.4 Å². The van der Waals surface area contributed by atoms with Gasteiger partial charge in [0.15, 0.2) is 5.69 Å². The van der Waals surface area contributed by atoms with Crippen LogP contribution in [0.3, 0.4) is 0 Å². The molecule has 0 saturated heterocycles. The summed E-state index contributed by atoms with van der Waals surface area (Å²) in [6.07, 6.45) is 3.62. The fraction of sp³-hybridized carbons (Fsp3) is 0.250. The minimum atomic E-state index is -1.06. The number of pyridine rings is 1. The summed E-state index contributed by atoms with van der Waals surface area (Å²) in [6, 6.07) is 9.31. The molecule has 2 amide bonds. The van der Waals surface area contributed by atoms with Crippen molar-refractivity contribution in [3.05, 3.63) is 92.7 Å². The van der Waals surface area contributed by atoms with E-state index in [9.17, 15) is 9.59 Å². The summed E-state index contributed by atoms with van der Waals surface area (Å²) < 4.78 is 9.80. The molecular formula is C28H36CeClN6O4. The molecular weight excluding hydrogens is 660 g/mol. The molecule has 10 nitrogen and oxygen atoms in total. The third-order valence-corrected chi connectivity index (χ3v) is 6.24. The minimum Gasteiger partial charge on any atom is -0.493 e. The molecule has 0 atom stereocenters. The fourth-order valence-electron chi connectivity index (χ4n) is 4.04. The predicted molar refractivity (Wildman–Crippen MR) is 155 cm³/mol. The average molecular weight is 696 g/mol. The van der Waals surface area contributed by atoms with Crippen molar-refractivity contribution in [1.82, 2.24) is 29.8 Å². The Kier molecular flexibility index (Phi) is 15.5. The number of fused-ring (bicyclic) bond motifs is 1. The van der Waals surface area contributed by atoms with Gasteiger partial charge in [0.2, 0.25) is 0 Å². The second-order valence-corrected chi connectivity index (χ2v) is 8.67. The van der Waals surface area contributed by atoms with Gasteiger partial charge in [0.25, 0.3) is 5.91 Å². The molecule has 12 heteroatoms. The summed E-state index contributed by atoms with van der Waals surface area (Å²) in [4.78, 5) is 27.4. The molecule has 3 heterocycles. The molecule has 213 valence electrons. The van der Waals surface area contributed by atoms with Crippen LogP contribution >= 0.6 is 11.6 Å². The van der Waals surface area contributed by atoms with Gasteiger partial charge >= 0.3 is 47.8 Å². The molecule has 0 aliphatic rings. The van der Waals surface area contributed by atoms with Gasteiger partial charge in [-0.05, 0) is 37.3 Å². The van der Waals surface area contributed by atoms with Crippen molar-refractivity contribution in [3.63, 3.8) is 0 Å². The monoisotopic (exact) mass is 695 g/mol. The van der Waals surface area contributed by atoms with Crippen molar-refractivity contribution in [2.24, 2.45) is 7.05 Å². The molecule has 3 aromatic heterocycles. The number of nitrogens with one attached hydrogen (secondary N) is 2. The number of aromatic nitrogens is 4. The zero-order chi connectivity index (χ0) is 25.8. The van der Waals surface area contributed by atoms with Gasteiger partial charge in [-0.3, -0.25) is 9.48 Å². The van der Waals surface area contributed by atoms with Gasteiger partial charge in [0.05, 0.1) is 6.61 Å². The molecule has 1 aromatic carbocycles. The van der Waals surface area contributed by atoms with E-state index < -0.39 is 6.09 Å². The van der Waals surface area contributed by atoms with Gasteiger partial charge in [-0.1, -0.05) is 11.6 Å². The van der Waals surface area contributed by atoms with Gasteiger partial charge in [0.1, 0.15) is 11.4 Å². The molecule has 4 rings (SSSR count). The number of ether oxygens (including phenoxy) is 1. The molecule has 0 aliphatic carbocycles. The van der Waals surface area contributed by atoms with Crippen LogP contribution in [-0.2, 0) is 19.9 Å². The Hall–Kier alpha value is -2.67. The topological polar surface area (TPSA) is 123 Å². The van der Waals surface area contributed by atoms with Crippen LogP contribution in [0.2, 0.25) is 5.02 Å². The number of hydrogen-bond donors (Lipinski definition) is 3. The van der Waals surface area contributed by atoms with Gasteiger partial charge in [0, 0.05) is 79.0 Å². The van der Waals surface area contributed by atoms with Crippen molar-refractivity contribution >= 4 is 29.2 Å². The Morgan fingerprint density at radius 2 is 1.85 bits per heavy atom. The number of halogens is 1. The maximum absolute atomic E-state index is 12.2. The summed E-state index contributed by atoms with van der Waals surface area (Å²) in [5.74, 6) is 0.374. The summed E-state index contributed by atoms with van der Waals surface area (Å²) in [5.41, 5.74) is 5.50. The summed E-state index contributed by atoms with van der Waals surface area (Å²) in [7, 11) is 3.38. The number of benzene rings is 1. The number of carbonyl (C=O) groups is 2. The zero-order valence-corrected chi connectivity index (χ0v) is 27.6. The molecule has 0 saturated carbocycles. The number of hydrogen-bond acceptors (Lipinski definition) is 5. The first-order chi connectivity index (χ1) is 17.3. The van der Waals surface area contributed by atoms with Gasteiger partial charge in [-0.2, -0.15) is 5.10 Å². The van der Waals surface area contributed by atoms with Crippen molar-refractivity contribution in [1.29, 1.82) is 0 Å². The Labute approximate surface area is 274 Å². The number of carbonyl (C=O) groups excluding carboxylic acids is 1. The van der Waals surface area contributed by atoms with Crippen molar-refractivity contribution in [2.75, 3.05) is 20.2 Å². The predicted octanol–water partition coefficient (Wildman–Crippen LogP) is 4.84. The smallest absolute Gasteiger partial charge is 0.493 e. The molecule has 0 spiro atoms. The van der Waals surface area contributed by atoms with Gasteiger partial charge < -0.3 is 47.2 Å². The summed E-state index contributed by atoms with van der Waals surface area (Å²) in [6.45, 7) is 2.53. The van der Waals surface area contributed by atoms with E-state index in [2.05, 4.69) is 20.7 Å². The van der Waals surface area contributed by atoms with Crippen molar-refractivity contribution in [3.8, 4) is 16.9 Å². The molecule has 0 bridgehead atoms. The first-order valence-corrected chi connectivity index (χ1v) is 11.8. The first kappa shape index (κ1) is 37.3. The quantitative estimate of drug-likeness (QED) is 0.216. The average Bonchev–Trinajstić information content (AvgIpc) is 3.39. The minimum absolute atomic E-state index is 0. The second-order valence-electron chi connectivity index (χ2n) is 8.23. The number of imidazole rings is 1. The van der Waals surface area contributed by atoms with E-state index in [0.29, 0.717) is 35.9 Å². The third-order valence-electron chi connectivity index (χ3n) is 6.00. The molecule has 3 N–H and O–H groups in total. The Balaban J connectivity index is 0.00000380. The van der Waals surface area contributed by atoms with E-state index >= 15 is 0 Å². The Bertz CT molecular complexity index is 1440. The van der Waals surface area contributed by atoms with Crippen LogP contribution < -0.4 is 15.4 Å². The molecule has 0 unspecified atom stereocenters. The van der Waals surface area contributed by atoms with Crippen LogP contribution in [0, 0.1) is 71.0 Å². The maximum atomic E-state index is 12.2. The number of aryl methyl sites for hydroxylation is 1. The molecule has 1 radical (unpaired) electrons. The van der Waals surface area contributed by atoms with Gasteiger partial charge in [-0.25, -0.2) is 9.78 Å². The normalized spacial score (nSPS) is 9.90. The van der Waals surface area contributed by atoms with Crippen LogP contribution in [-0.4, -0.2) is 56.5 Å². The zero-order valence-electron chi connectivity index (χ0n) is 23.7. The van der Waals surface area contributed by atoms with Crippen molar-refractivity contribution in [2.45, 2.75) is 19.8 Å². The van der Waals surface area contributed by atoms with Crippen molar-refractivity contribution < 1.29 is 61.2 Å². The van der Waals surface area contributed by atoms with Crippen LogP contribution in [0.25, 0.3) is 16.8 Å². The molecule has 4 aromatic rings. The van der Waals surface area contributed by atoms with Crippen LogP contribution in [0.4, 0.5) is 4.79 Å². The van der Waals surface area contributed by atoms with E-state index in [0.717, 1.165) is 33.7 Å². The number of amides is 2. The van der Waals surface area contributed by atoms with Crippen LogP contribution in [0.5, 0.6) is 5.75 Å². The molecule has 0 aliphatic heterocycles. The number of rotatable bonds is 9. The molecule has 40 heavy (non-hydrogen) atoms. The Morgan fingerprint density at radius 1 is 1.12 bits per heavy atom. The number of carboxylic acid groups (broad SMARTS) is 1. The number of nitrogens with zero attached hydrogens (tertiary/aromatic N) is 4. The third kappa shape index (κ3) is 8.42. The van der Waals surface area contributed by atoms with E-state index in [4.69, 9.17) is 21.4 Å². The fourth-order valence-corrected chi connectivity index (χ4v) is 4.20. The second kappa shape index (κ2) is 16.6. The van der Waals surface area contributed by atoms with E-state index in [-0.39, 0.29) is 76.5 Å². The van der Waals surface area contributed by atoms with E-state index in [1.165, 1.54) is 0 Å². The van der Waals surface area contributed by atoms with Gasteiger partial charge in [-0.15, -0.1) is 0 Å². The van der Waals surface area contributed by atoms with E-state index in [1.54, 1.807) is 37.1 Å². The maximum Gasteiger partial charge on any atom is 3.00 e. The first-order valence-electron chi connectivity index (χ1n) is 11.4. The standard InChI is InChI=1S/C25H27ClN6O4.3CH3.Ce/c1-15-19(23(24(33)27-2)30-31(15)3)9-11-36-21-12-17(26)5-6-20(21)16-4-7-22-29-13-18(32(22)14-16)8-10-28-25(34)35;;;;/h4-7,12-14,28H,8-11H2,1-3H3,(H,27,33)(H,34,35);3*1H3;/q;3*-1;+3. The van der Waals surface area contributed by atoms with E-state index in [1.807, 2.05) is 35.7 Å². The SMILES string of the molecule is CNC(=O)c1nn(C)c(C)c1CCOc1cc(Cl)ccc1-c1ccc2ncc(CCNC(=O)O)n2c1.[CH3-].[CH3-].[CH3-].[Ce+3]. The molecule has 0 fully saturated rings. The Morgan fingerprint density at radius 3 is 2.52 bits per heavy atom. The van der Waals surface area contributed by atoms with Crippen LogP contribution in [0.15, 0.2) is 42.7 Å². The summed E-state index contributed by atoms with van der Waals surface area (Å²) >= 11 is 6.28. The summed E-state index contributed by atoms with van der Waals surface area (Å²) in [5, 5.41) is 18.7.